The van der Waals surface area contributed by atoms with Gasteiger partial charge in [0, 0.05) is 6.54 Å². The number of carbonyl (C=O) groups excluding carboxylic acids is 1. The Morgan fingerprint density at radius 3 is 2.80 bits per heavy atom. The van der Waals surface area contributed by atoms with Crippen LogP contribution < -0.4 is 0 Å². The molecule has 5 heteroatoms. The molecule has 0 aliphatic rings. The number of Topliss-reactive ketones (excluding diaryl/α,β-unsaturated/α-hetero) is 1. The molecule has 3 nitrogen and oxygen atoms in total. The number of imidazole rings is 1. The molecule has 0 bridgehead atoms. The molecule has 0 saturated heterocycles. The minimum atomic E-state index is 0.116. The lowest BCUT2D eigenvalue weighted by Gasteiger charge is -2.04. The molecule has 0 atom stereocenters. The number of ketones is 1. The Morgan fingerprint density at radius 2 is 2.10 bits per heavy atom. The van der Waals surface area contributed by atoms with Crippen molar-refractivity contribution in [1.82, 2.24) is 9.55 Å². The third kappa shape index (κ3) is 2.43. The van der Waals surface area contributed by atoms with Crippen LogP contribution in [0.2, 0.25) is 0 Å². The number of halogens is 1. The lowest BCUT2D eigenvalue weighted by Crippen LogP contribution is -2.08. The molecule has 1 aromatic carbocycles. The fraction of sp³-hybridized carbons (Fsp3) is 0.200. The summed E-state index contributed by atoms with van der Waals surface area (Å²) in [7, 11) is 0. The maximum Gasteiger partial charge on any atom is 0.180 e. The van der Waals surface area contributed by atoms with Crippen LogP contribution in [0.4, 0.5) is 0 Å². The number of thiophene rings is 1. The van der Waals surface area contributed by atoms with Gasteiger partial charge in [0.25, 0.3) is 0 Å². The van der Waals surface area contributed by atoms with E-state index >= 15 is 0 Å². The minimum absolute atomic E-state index is 0.116. The summed E-state index contributed by atoms with van der Waals surface area (Å²) in [6.07, 6.45) is 0.343. The van der Waals surface area contributed by atoms with Gasteiger partial charge in [-0.1, -0.05) is 12.1 Å². The molecule has 0 amide bonds. The number of fused-ring (bicyclic) bond motifs is 1. The topological polar surface area (TPSA) is 34.9 Å². The molecular weight excluding hydrogens is 336 g/mol. The van der Waals surface area contributed by atoms with Crippen molar-refractivity contribution in [2.45, 2.75) is 19.9 Å². The van der Waals surface area contributed by atoms with Gasteiger partial charge in [-0.3, -0.25) is 4.79 Å². The summed E-state index contributed by atoms with van der Waals surface area (Å²) >= 11 is 4.85. The van der Waals surface area contributed by atoms with E-state index in [1.165, 1.54) is 11.3 Å². The third-order valence-electron chi connectivity index (χ3n) is 3.22. The van der Waals surface area contributed by atoms with E-state index in [1.807, 2.05) is 36.4 Å². The molecule has 2 aromatic heterocycles. The van der Waals surface area contributed by atoms with E-state index in [4.69, 9.17) is 0 Å². The number of carbonyl (C=O) groups is 1. The van der Waals surface area contributed by atoms with Gasteiger partial charge in [0.1, 0.15) is 5.82 Å². The molecule has 0 unspecified atom stereocenters. The van der Waals surface area contributed by atoms with Crippen molar-refractivity contribution in [3.8, 4) is 0 Å². The molecule has 0 spiro atoms. The SMILES string of the molecule is CCn1c(CC(=O)c2ccc(Br)s2)nc2ccccc21. The molecule has 0 saturated carbocycles. The zero-order chi connectivity index (χ0) is 14.1. The van der Waals surface area contributed by atoms with Crippen molar-refractivity contribution >= 4 is 44.1 Å². The Bertz CT molecular complexity index is 775. The van der Waals surface area contributed by atoms with E-state index in [2.05, 4.69) is 32.4 Å². The summed E-state index contributed by atoms with van der Waals surface area (Å²) in [6, 6.07) is 11.8. The summed E-state index contributed by atoms with van der Waals surface area (Å²) in [5.41, 5.74) is 2.04. The van der Waals surface area contributed by atoms with Gasteiger partial charge in [-0.05, 0) is 47.1 Å². The summed E-state index contributed by atoms with van der Waals surface area (Å²) < 4.78 is 3.08. The second kappa shape index (κ2) is 5.50. The van der Waals surface area contributed by atoms with Crippen molar-refractivity contribution in [2.24, 2.45) is 0 Å². The fourth-order valence-electron chi connectivity index (χ4n) is 2.31. The van der Waals surface area contributed by atoms with Crippen molar-refractivity contribution in [3.63, 3.8) is 0 Å². The van der Waals surface area contributed by atoms with Crippen LogP contribution in [0.5, 0.6) is 0 Å². The second-order valence-corrected chi connectivity index (χ2v) is 6.93. The number of nitrogens with zero attached hydrogens (tertiary/aromatic N) is 2. The Hall–Kier alpha value is -1.46. The van der Waals surface area contributed by atoms with Gasteiger partial charge in [0.2, 0.25) is 0 Å². The highest BCUT2D eigenvalue weighted by molar-refractivity contribution is 9.11. The number of hydrogen-bond acceptors (Lipinski definition) is 3. The Kier molecular flexibility index (Phi) is 3.72. The first-order valence-corrected chi connectivity index (χ1v) is 8.02. The van der Waals surface area contributed by atoms with Gasteiger partial charge >= 0.3 is 0 Å². The highest BCUT2D eigenvalue weighted by atomic mass is 79.9. The lowest BCUT2D eigenvalue weighted by atomic mass is 10.2. The normalized spacial score (nSPS) is 11.1. The Labute approximate surface area is 129 Å². The number of benzene rings is 1. The first kappa shape index (κ1) is 13.5. The van der Waals surface area contributed by atoms with Gasteiger partial charge in [-0.25, -0.2) is 4.98 Å². The van der Waals surface area contributed by atoms with E-state index in [1.54, 1.807) is 0 Å². The molecular formula is C15H13BrN2OS. The fourth-order valence-corrected chi connectivity index (χ4v) is 3.63. The average molecular weight is 349 g/mol. The largest absolute Gasteiger partial charge is 0.328 e. The predicted octanol–water partition coefficient (Wildman–Crippen LogP) is 4.31. The van der Waals surface area contributed by atoms with Crippen LogP contribution >= 0.6 is 27.3 Å². The highest BCUT2D eigenvalue weighted by Gasteiger charge is 2.15. The lowest BCUT2D eigenvalue weighted by molar-refractivity contribution is 0.0994. The van der Waals surface area contributed by atoms with Crippen molar-refractivity contribution < 1.29 is 4.79 Å². The number of aryl methyl sites for hydroxylation is 1. The van der Waals surface area contributed by atoms with E-state index in [0.29, 0.717) is 6.42 Å². The van der Waals surface area contributed by atoms with E-state index in [0.717, 1.165) is 32.1 Å². The summed E-state index contributed by atoms with van der Waals surface area (Å²) in [4.78, 5) is 17.7. The van der Waals surface area contributed by atoms with Gasteiger partial charge in [-0.2, -0.15) is 0 Å². The monoisotopic (exact) mass is 348 g/mol. The second-order valence-electron chi connectivity index (χ2n) is 4.46. The van der Waals surface area contributed by atoms with Gasteiger partial charge in [0.15, 0.2) is 5.78 Å². The standard InChI is InChI=1S/C15H13BrN2OS/c1-2-18-11-6-4-3-5-10(11)17-15(18)9-12(19)13-7-8-14(16)20-13/h3-8H,2,9H2,1H3. The molecule has 0 aliphatic heterocycles. The molecule has 0 aliphatic carbocycles. The zero-order valence-corrected chi connectivity index (χ0v) is 13.4. The minimum Gasteiger partial charge on any atom is -0.328 e. The first-order chi connectivity index (χ1) is 9.69. The third-order valence-corrected chi connectivity index (χ3v) is 4.88. The predicted molar refractivity (Wildman–Crippen MR) is 85.5 cm³/mol. The highest BCUT2D eigenvalue weighted by Crippen LogP contribution is 2.24. The Balaban J connectivity index is 1.96. The first-order valence-electron chi connectivity index (χ1n) is 6.41. The van der Waals surface area contributed by atoms with Crippen molar-refractivity contribution in [3.05, 3.63) is 50.9 Å². The van der Waals surface area contributed by atoms with Crippen LogP contribution in [-0.2, 0) is 13.0 Å². The molecule has 3 aromatic rings. The van der Waals surface area contributed by atoms with Crippen LogP contribution in [-0.4, -0.2) is 15.3 Å². The molecule has 2 heterocycles. The number of para-hydroxylation sites is 2. The molecule has 20 heavy (non-hydrogen) atoms. The van der Waals surface area contributed by atoms with Crippen LogP contribution in [0.15, 0.2) is 40.2 Å². The molecule has 0 fully saturated rings. The zero-order valence-electron chi connectivity index (χ0n) is 11.0. The number of aromatic nitrogens is 2. The van der Waals surface area contributed by atoms with E-state index < -0.39 is 0 Å². The molecule has 0 radical (unpaired) electrons. The van der Waals surface area contributed by atoms with Crippen LogP contribution in [0.25, 0.3) is 11.0 Å². The molecule has 0 N–H and O–H groups in total. The van der Waals surface area contributed by atoms with Crippen molar-refractivity contribution in [1.29, 1.82) is 0 Å². The number of rotatable bonds is 4. The summed E-state index contributed by atoms with van der Waals surface area (Å²) in [5.74, 6) is 0.953. The average Bonchev–Trinajstić information content (AvgIpc) is 3.01. The maximum absolute atomic E-state index is 12.3. The van der Waals surface area contributed by atoms with Crippen LogP contribution in [0.1, 0.15) is 22.4 Å². The van der Waals surface area contributed by atoms with Crippen LogP contribution in [0.3, 0.4) is 0 Å². The smallest absolute Gasteiger partial charge is 0.180 e. The summed E-state index contributed by atoms with van der Waals surface area (Å²) in [5, 5.41) is 0. The Morgan fingerprint density at radius 1 is 1.30 bits per heavy atom. The van der Waals surface area contributed by atoms with Crippen LogP contribution in [0, 0.1) is 0 Å². The quantitative estimate of drug-likeness (QED) is 0.658. The summed E-state index contributed by atoms with van der Waals surface area (Å²) in [6.45, 7) is 2.89. The van der Waals surface area contributed by atoms with Gasteiger partial charge < -0.3 is 4.57 Å². The van der Waals surface area contributed by atoms with Gasteiger partial charge in [0.05, 0.1) is 26.1 Å². The number of hydrogen-bond donors (Lipinski definition) is 0. The maximum atomic E-state index is 12.3. The molecule has 3 rings (SSSR count). The van der Waals surface area contributed by atoms with E-state index in [-0.39, 0.29) is 5.78 Å². The van der Waals surface area contributed by atoms with Crippen molar-refractivity contribution in [2.75, 3.05) is 0 Å². The van der Waals surface area contributed by atoms with E-state index in [9.17, 15) is 4.79 Å². The van der Waals surface area contributed by atoms with Gasteiger partial charge in [-0.15, -0.1) is 11.3 Å². The molecule has 102 valence electrons.